The fourth-order valence-corrected chi connectivity index (χ4v) is 1.97. The van der Waals surface area contributed by atoms with Gasteiger partial charge in [-0.1, -0.05) is 37.3 Å². The minimum absolute atomic E-state index is 0.271. The summed E-state index contributed by atoms with van der Waals surface area (Å²) in [7, 11) is 0. The molecule has 2 nitrogen and oxygen atoms in total. The number of hydrogen-bond acceptors (Lipinski definition) is 2. The molecule has 0 fully saturated rings. The number of nitrogens with one attached hydrogen (secondary N) is 1. The zero-order valence-corrected chi connectivity index (χ0v) is 11.9. The van der Waals surface area contributed by atoms with E-state index in [4.69, 9.17) is 4.74 Å². The highest BCUT2D eigenvalue weighted by Crippen LogP contribution is 2.28. The third-order valence-corrected chi connectivity index (χ3v) is 3.09. The van der Waals surface area contributed by atoms with Gasteiger partial charge in [-0.15, -0.1) is 0 Å². The van der Waals surface area contributed by atoms with E-state index in [9.17, 15) is 4.39 Å². The Bertz CT molecular complexity index is 569. The molecule has 1 N–H and O–H groups in total. The summed E-state index contributed by atoms with van der Waals surface area (Å²) in [6, 6.07) is 12.9. The van der Waals surface area contributed by atoms with Gasteiger partial charge in [0.1, 0.15) is 5.75 Å². The molecule has 0 spiro atoms. The molecule has 0 radical (unpaired) electrons. The molecule has 0 saturated heterocycles. The maximum atomic E-state index is 14.0. The molecule has 0 heterocycles. The summed E-state index contributed by atoms with van der Waals surface area (Å²) < 4.78 is 19.7. The first-order valence-electron chi connectivity index (χ1n) is 6.94. The Morgan fingerprint density at radius 2 is 1.80 bits per heavy atom. The number of hydrogen-bond donors (Lipinski definition) is 1. The first-order valence-corrected chi connectivity index (χ1v) is 6.94. The molecule has 2 aromatic carbocycles. The lowest BCUT2D eigenvalue weighted by Crippen LogP contribution is -2.14. The van der Waals surface area contributed by atoms with E-state index in [1.54, 1.807) is 25.1 Å². The van der Waals surface area contributed by atoms with E-state index in [0.29, 0.717) is 11.3 Å². The van der Waals surface area contributed by atoms with Crippen molar-refractivity contribution in [1.29, 1.82) is 0 Å². The Hall–Kier alpha value is -1.87. The molecule has 20 heavy (non-hydrogen) atoms. The summed E-state index contributed by atoms with van der Waals surface area (Å²) in [5.74, 6) is 0.664. The van der Waals surface area contributed by atoms with Crippen LogP contribution in [0.2, 0.25) is 0 Å². The van der Waals surface area contributed by atoms with Crippen molar-refractivity contribution in [3.05, 3.63) is 59.4 Å². The van der Waals surface area contributed by atoms with Gasteiger partial charge in [-0.25, -0.2) is 4.39 Å². The van der Waals surface area contributed by atoms with E-state index in [0.717, 1.165) is 25.1 Å². The predicted octanol–water partition coefficient (Wildman–Crippen LogP) is 4.43. The van der Waals surface area contributed by atoms with Crippen LogP contribution in [0.25, 0.3) is 0 Å². The quantitative estimate of drug-likeness (QED) is 0.786. The molecule has 0 aliphatic rings. The average Bonchev–Trinajstić information content (AvgIpc) is 2.46. The van der Waals surface area contributed by atoms with Crippen LogP contribution in [0.4, 0.5) is 4.39 Å². The number of para-hydroxylation sites is 1. The molecular formula is C17H20FNO. The monoisotopic (exact) mass is 273 g/mol. The van der Waals surface area contributed by atoms with Crippen molar-refractivity contribution in [2.45, 2.75) is 26.8 Å². The van der Waals surface area contributed by atoms with E-state index in [1.807, 2.05) is 24.3 Å². The number of ether oxygens (including phenoxy) is 1. The van der Waals surface area contributed by atoms with E-state index in [-0.39, 0.29) is 11.6 Å². The van der Waals surface area contributed by atoms with Crippen molar-refractivity contribution in [2.75, 3.05) is 6.54 Å². The van der Waals surface area contributed by atoms with E-state index >= 15 is 0 Å². The summed E-state index contributed by atoms with van der Waals surface area (Å²) >= 11 is 0. The zero-order valence-electron chi connectivity index (χ0n) is 11.9. The largest absolute Gasteiger partial charge is 0.454 e. The van der Waals surface area contributed by atoms with Crippen molar-refractivity contribution in [3.8, 4) is 11.5 Å². The predicted molar refractivity (Wildman–Crippen MR) is 79.7 cm³/mol. The van der Waals surface area contributed by atoms with Gasteiger partial charge < -0.3 is 10.1 Å². The summed E-state index contributed by atoms with van der Waals surface area (Å²) in [5, 5.41) is 3.33. The molecule has 0 bridgehead atoms. The lowest BCUT2D eigenvalue weighted by Gasteiger charge is -2.13. The first-order chi connectivity index (χ1) is 9.72. The minimum atomic E-state index is -0.302. The normalized spacial score (nSPS) is 10.6. The fraction of sp³-hybridized carbons (Fsp3) is 0.294. The SMILES string of the molecule is CCCNCc1ccccc1Oc1cccc(C)c1F. The Balaban J connectivity index is 2.18. The van der Waals surface area contributed by atoms with Gasteiger partial charge in [0.15, 0.2) is 11.6 Å². The van der Waals surface area contributed by atoms with Crippen LogP contribution in [-0.4, -0.2) is 6.54 Å². The topological polar surface area (TPSA) is 21.3 Å². The fourth-order valence-electron chi connectivity index (χ4n) is 1.97. The second-order valence-corrected chi connectivity index (χ2v) is 4.77. The van der Waals surface area contributed by atoms with Gasteiger partial charge in [0, 0.05) is 12.1 Å². The summed E-state index contributed by atoms with van der Waals surface area (Å²) in [5.41, 5.74) is 1.62. The molecule has 2 rings (SSSR count). The first kappa shape index (κ1) is 14.5. The smallest absolute Gasteiger partial charge is 0.168 e. The van der Waals surface area contributed by atoms with Crippen LogP contribution in [0.5, 0.6) is 11.5 Å². The van der Waals surface area contributed by atoms with E-state index in [1.165, 1.54) is 0 Å². The Labute approximate surface area is 119 Å². The van der Waals surface area contributed by atoms with Gasteiger partial charge in [-0.3, -0.25) is 0 Å². The third kappa shape index (κ3) is 3.58. The van der Waals surface area contributed by atoms with Crippen LogP contribution in [0.15, 0.2) is 42.5 Å². The van der Waals surface area contributed by atoms with Crippen LogP contribution in [0.3, 0.4) is 0 Å². The molecule has 0 saturated carbocycles. The standard InChI is InChI=1S/C17H20FNO/c1-3-11-19-12-14-8-4-5-9-15(14)20-16-10-6-7-13(2)17(16)18/h4-10,19H,3,11-12H2,1-2H3. The Kier molecular flexibility index (Phi) is 5.13. The van der Waals surface area contributed by atoms with Gasteiger partial charge >= 0.3 is 0 Å². The molecule has 3 heteroatoms. The lowest BCUT2D eigenvalue weighted by atomic mass is 10.2. The second-order valence-electron chi connectivity index (χ2n) is 4.77. The molecular weight excluding hydrogens is 253 g/mol. The molecule has 0 aliphatic carbocycles. The maximum Gasteiger partial charge on any atom is 0.168 e. The number of rotatable bonds is 6. The molecule has 0 aromatic heterocycles. The van der Waals surface area contributed by atoms with Crippen molar-refractivity contribution in [1.82, 2.24) is 5.32 Å². The number of halogens is 1. The average molecular weight is 273 g/mol. The Morgan fingerprint density at radius 1 is 1.05 bits per heavy atom. The highest BCUT2D eigenvalue weighted by molar-refractivity contribution is 5.39. The van der Waals surface area contributed by atoms with Crippen molar-refractivity contribution >= 4 is 0 Å². The summed E-state index contributed by atoms with van der Waals surface area (Å²) in [6.45, 7) is 5.53. The Morgan fingerprint density at radius 3 is 2.60 bits per heavy atom. The molecule has 2 aromatic rings. The molecule has 0 amide bonds. The minimum Gasteiger partial charge on any atom is -0.454 e. The van der Waals surface area contributed by atoms with Gasteiger partial charge in [-0.2, -0.15) is 0 Å². The molecule has 0 atom stereocenters. The number of benzene rings is 2. The van der Waals surface area contributed by atoms with Gasteiger partial charge in [0.05, 0.1) is 0 Å². The van der Waals surface area contributed by atoms with Gasteiger partial charge in [-0.05, 0) is 37.6 Å². The van der Waals surface area contributed by atoms with Crippen LogP contribution in [0, 0.1) is 12.7 Å². The van der Waals surface area contributed by atoms with Gasteiger partial charge in [0.2, 0.25) is 0 Å². The van der Waals surface area contributed by atoms with Crippen LogP contribution in [0.1, 0.15) is 24.5 Å². The summed E-state index contributed by atoms with van der Waals surface area (Å²) in [4.78, 5) is 0. The second kappa shape index (κ2) is 7.06. The van der Waals surface area contributed by atoms with Gasteiger partial charge in [0.25, 0.3) is 0 Å². The zero-order chi connectivity index (χ0) is 14.4. The number of aryl methyl sites for hydroxylation is 1. The molecule has 0 unspecified atom stereocenters. The van der Waals surface area contributed by atoms with Crippen LogP contribution in [-0.2, 0) is 6.54 Å². The molecule has 106 valence electrons. The van der Waals surface area contributed by atoms with Crippen molar-refractivity contribution < 1.29 is 9.13 Å². The maximum absolute atomic E-state index is 14.0. The van der Waals surface area contributed by atoms with Crippen molar-refractivity contribution in [2.24, 2.45) is 0 Å². The van der Waals surface area contributed by atoms with Crippen LogP contribution < -0.4 is 10.1 Å². The highest BCUT2D eigenvalue weighted by Gasteiger charge is 2.09. The van der Waals surface area contributed by atoms with Crippen LogP contribution >= 0.6 is 0 Å². The summed E-state index contributed by atoms with van der Waals surface area (Å²) in [6.07, 6.45) is 1.08. The van der Waals surface area contributed by atoms with E-state index < -0.39 is 0 Å². The van der Waals surface area contributed by atoms with E-state index in [2.05, 4.69) is 12.2 Å². The highest BCUT2D eigenvalue weighted by atomic mass is 19.1. The third-order valence-electron chi connectivity index (χ3n) is 3.09. The lowest BCUT2D eigenvalue weighted by molar-refractivity contribution is 0.433. The van der Waals surface area contributed by atoms with Crippen molar-refractivity contribution in [3.63, 3.8) is 0 Å². The molecule has 0 aliphatic heterocycles.